The summed E-state index contributed by atoms with van der Waals surface area (Å²) in [5, 5.41) is 0. The summed E-state index contributed by atoms with van der Waals surface area (Å²) in [5.41, 5.74) is 6.49. The molecule has 0 amide bonds. The normalized spacial score (nSPS) is 10.9. The lowest BCUT2D eigenvalue weighted by molar-refractivity contribution is 0.0197. The van der Waals surface area contributed by atoms with Crippen LogP contribution in [0.15, 0.2) is 16.7 Å². The molecule has 0 bridgehead atoms. The minimum atomic E-state index is 0.399. The van der Waals surface area contributed by atoms with Crippen LogP contribution in [0.1, 0.15) is 11.3 Å². The summed E-state index contributed by atoms with van der Waals surface area (Å²) in [6, 6.07) is 1.87. The van der Waals surface area contributed by atoms with Crippen LogP contribution in [0.2, 0.25) is 0 Å². The zero-order valence-electron chi connectivity index (χ0n) is 9.61. The highest BCUT2D eigenvalue weighted by Gasteiger charge is 2.03. The average Bonchev–Trinajstić information content (AvgIpc) is 2.75. The molecule has 0 fully saturated rings. The molecule has 2 N–H and O–H groups in total. The Balaban J connectivity index is 2.03. The SMILES string of the molecule is COCCOCCOCc1ccoc1CN. The highest BCUT2D eigenvalue weighted by atomic mass is 16.5. The highest BCUT2D eigenvalue weighted by Crippen LogP contribution is 2.10. The zero-order valence-corrected chi connectivity index (χ0v) is 9.61. The molecule has 5 nitrogen and oxygen atoms in total. The zero-order chi connectivity index (χ0) is 11.6. The average molecular weight is 229 g/mol. The molecule has 1 heterocycles. The minimum absolute atomic E-state index is 0.399. The van der Waals surface area contributed by atoms with E-state index in [1.165, 1.54) is 0 Å². The Morgan fingerprint density at radius 1 is 1.19 bits per heavy atom. The topological polar surface area (TPSA) is 66.8 Å². The van der Waals surface area contributed by atoms with Crippen molar-refractivity contribution in [3.05, 3.63) is 23.7 Å². The molecule has 92 valence electrons. The van der Waals surface area contributed by atoms with Gasteiger partial charge in [0.1, 0.15) is 5.76 Å². The van der Waals surface area contributed by atoms with Crippen LogP contribution in [0.25, 0.3) is 0 Å². The largest absolute Gasteiger partial charge is 0.468 e. The molecule has 0 aliphatic rings. The standard InChI is InChI=1S/C11H19NO4/c1-13-4-5-14-6-7-15-9-10-2-3-16-11(10)8-12/h2-3H,4-9,12H2,1H3. The number of hydrogen-bond acceptors (Lipinski definition) is 5. The van der Waals surface area contributed by atoms with Crippen molar-refractivity contribution in [2.45, 2.75) is 13.2 Å². The van der Waals surface area contributed by atoms with E-state index in [2.05, 4.69) is 0 Å². The fourth-order valence-electron chi connectivity index (χ4n) is 1.22. The van der Waals surface area contributed by atoms with Crippen molar-refractivity contribution in [2.75, 3.05) is 33.5 Å². The van der Waals surface area contributed by atoms with E-state index in [4.69, 9.17) is 24.4 Å². The van der Waals surface area contributed by atoms with Gasteiger partial charge in [-0.2, -0.15) is 0 Å². The van der Waals surface area contributed by atoms with Crippen LogP contribution < -0.4 is 5.73 Å². The molecule has 0 spiro atoms. The summed E-state index contributed by atoms with van der Waals surface area (Å²) in [5.74, 6) is 0.778. The van der Waals surface area contributed by atoms with Gasteiger partial charge in [-0.1, -0.05) is 0 Å². The van der Waals surface area contributed by atoms with Crippen LogP contribution in [0.4, 0.5) is 0 Å². The third-order valence-electron chi connectivity index (χ3n) is 2.08. The Morgan fingerprint density at radius 3 is 2.69 bits per heavy atom. The van der Waals surface area contributed by atoms with Gasteiger partial charge < -0.3 is 24.4 Å². The Morgan fingerprint density at radius 2 is 1.94 bits per heavy atom. The molecule has 0 unspecified atom stereocenters. The first-order valence-corrected chi connectivity index (χ1v) is 5.28. The second kappa shape index (κ2) is 8.29. The smallest absolute Gasteiger partial charge is 0.122 e. The lowest BCUT2D eigenvalue weighted by Gasteiger charge is -2.05. The summed E-state index contributed by atoms with van der Waals surface area (Å²) >= 11 is 0. The van der Waals surface area contributed by atoms with E-state index in [-0.39, 0.29) is 0 Å². The van der Waals surface area contributed by atoms with Crippen molar-refractivity contribution in [3.8, 4) is 0 Å². The van der Waals surface area contributed by atoms with E-state index >= 15 is 0 Å². The lowest BCUT2D eigenvalue weighted by Crippen LogP contribution is -2.08. The van der Waals surface area contributed by atoms with E-state index in [9.17, 15) is 0 Å². The Bertz CT molecular complexity index is 275. The van der Waals surface area contributed by atoms with E-state index in [0.29, 0.717) is 39.6 Å². The van der Waals surface area contributed by atoms with Crippen LogP contribution in [0, 0.1) is 0 Å². The van der Waals surface area contributed by atoms with Gasteiger partial charge in [0.2, 0.25) is 0 Å². The van der Waals surface area contributed by atoms with Gasteiger partial charge in [0.25, 0.3) is 0 Å². The first-order chi connectivity index (χ1) is 7.88. The molecule has 0 radical (unpaired) electrons. The van der Waals surface area contributed by atoms with Gasteiger partial charge in [0.15, 0.2) is 0 Å². The first-order valence-electron chi connectivity index (χ1n) is 5.28. The van der Waals surface area contributed by atoms with Gasteiger partial charge in [-0.3, -0.25) is 0 Å². The number of ether oxygens (including phenoxy) is 3. The van der Waals surface area contributed by atoms with Gasteiger partial charge >= 0.3 is 0 Å². The Kier molecular flexibility index (Phi) is 6.83. The molecule has 0 aromatic carbocycles. The predicted molar refractivity (Wildman–Crippen MR) is 59.0 cm³/mol. The number of methoxy groups -OCH3 is 1. The molecule has 16 heavy (non-hydrogen) atoms. The Hall–Kier alpha value is -0.880. The van der Waals surface area contributed by atoms with Gasteiger partial charge in [-0.15, -0.1) is 0 Å². The van der Waals surface area contributed by atoms with Crippen molar-refractivity contribution in [1.29, 1.82) is 0 Å². The van der Waals surface area contributed by atoms with E-state index in [1.54, 1.807) is 13.4 Å². The molecule has 0 aliphatic carbocycles. The third kappa shape index (κ3) is 4.76. The molecular formula is C11H19NO4. The Labute approximate surface area is 95.5 Å². The summed E-state index contributed by atoms with van der Waals surface area (Å²) in [4.78, 5) is 0. The van der Waals surface area contributed by atoms with Crippen molar-refractivity contribution >= 4 is 0 Å². The fraction of sp³-hybridized carbons (Fsp3) is 0.636. The lowest BCUT2D eigenvalue weighted by atomic mass is 10.2. The molecule has 1 rings (SSSR count). The molecule has 1 aromatic rings. The van der Waals surface area contributed by atoms with Gasteiger partial charge in [-0.05, 0) is 6.07 Å². The number of nitrogens with two attached hydrogens (primary N) is 1. The molecule has 0 saturated carbocycles. The summed E-state index contributed by atoms with van der Waals surface area (Å²) in [7, 11) is 1.65. The number of hydrogen-bond donors (Lipinski definition) is 1. The van der Waals surface area contributed by atoms with Crippen molar-refractivity contribution < 1.29 is 18.6 Å². The second-order valence-corrected chi connectivity index (χ2v) is 3.23. The quantitative estimate of drug-likeness (QED) is 0.638. The van der Waals surface area contributed by atoms with Crippen LogP contribution in [-0.4, -0.2) is 33.5 Å². The molecule has 1 aromatic heterocycles. The van der Waals surface area contributed by atoms with Gasteiger partial charge in [0, 0.05) is 12.7 Å². The van der Waals surface area contributed by atoms with Crippen molar-refractivity contribution in [3.63, 3.8) is 0 Å². The predicted octanol–water partition coefficient (Wildman–Crippen LogP) is 0.918. The summed E-state index contributed by atoms with van der Waals surface area (Å²) < 4.78 is 20.7. The second-order valence-electron chi connectivity index (χ2n) is 3.23. The maximum absolute atomic E-state index is 5.49. The monoisotopic (exact) mass is 229 g/mol. The number of rotatable bonds is 9. The van der Waals surface area contributed by atoms with E-state index < -0.39 is 0 Å². The van der Waals surface area contributed by atoms with Gasteiger partial charge in [0.05, 0.1) is 45.8 Å². The maximum atomic E-state index is 5.49. The van der Waals surface area contributed by atoms with Crippen LogP contribution >= 0.6 is 0 Å². The van der Waals surface area contributed by atoms with Crippen LogP contribution in [0.3, 0.4) is 0 Å². The summed E-state index contributed by atoms with van der Waals surface area (Å²) in [6.45, 7) is 3.24. The molecule has 5 heteroatoms. The number of furan rings is 1. The maximum Gasteiger partial charge on any atom is 0.122 e. The van der Waals surface area contributed by atoms with E-state index in [0.717, 1.165) is 11.3 Å². The first kappa shape index (κ1) is 13.2. The third-order valence-corrected chi connectivity index (χ3v) is 2.08. The van der Waals surface area contributed by atoms with Crippen LogP contribution in [-0.2, 0) is 27.4 Å². The van der Waals surface area contributed by atoms with Gasteiger partial charge in [-0.25, -0.2) is 0 Å². The highest BCUT2D eigenvalue weighted by molar-refractivity contribution is 5.15. The minimum Gasteiger partial charge on any atom is -0.468 e. The molecule has 0 atom stereocenters. The van der Waals surface area contributed by atoms with Crippen LogP contribution in [0.5, 0.6) is 0 Å². The van der Waals surface area contributed by atoms with Crippen molar-refractivity contribution in [2.24, 2.45) is 5.73 Å². The molecular weight excluding hydrogens is 210 g/mol. The summed E-state index contributed by atoms with van der Waals surface area (Å²) in [6.07, 6.45) is 1.62. The fourth-order valence-corrected chi connectivity index (χ4v) is 1.22. The molecule has 0 saturated heterocycles. The van der Waals surface area contributed by atoms with Crippen molar-refractivity contribution in [1.82, 2.24) is 0 Å². The van der Waals surface area contributed by atoms with E-state index in [1.807, 2.05) is 6.07 Å². The molecule has 0 aliphatic heterocycles.